The second kappa shape index (κ2) is 4.52. The monoisotopic (exact) mass is 270 g/mol. The predicted molar refractivity (Wildman–Crippen MR) is 76.6 cm³/mol. The fourth-order valence-electron chi connectivity index (χ4n) is 2.00. The summed E-state index contributed by atoms with van der Waals surface area (Å²) < 4.78 is 1.53. The van der Waals surface area contributed by atoms with E-state index < -0.39 is 0 Å². The number of nitrogens with zero attached hydrogens (tertiary/aromatic N) is 2. The van der Waals surface area contributed by atoms with E-state index in [1.807, 2.05) is 31.2 Å². The predicted octanol–water partition coefficient (Wildman–Crippen LogP) is 3.32. The summed E-state index contributed by atoms with van der Waals surface area (Å²) in [5.74, 6) is 0. The molecule has 0 saturated heterocycles. The topological polar surface area (TPSA) is 34.4 Å². The Hall–Kier alpha value is -2.13. The summed E-state index contributed by atoms with van der Waals surface area (Å²) in [4.78, 5) is 16.6. The number of fused-ring (bicyclic) bond motifs is 1. The lowest BCUT2D eigenvalue weighted by molar-refractivity contribution is 1.04. The first-order valence-corrected chi connectivity index (χ1v) is 6.27. The minimum absolute atomic E-state index is 0.0972. The van der Waals surface area contributed by atoms with Crippen LogP contribution in [0.3, 0.4) is 0 Å². The van der Waals surface area contributed by atoms with Gasteiger partial charge in [0, 0.05) is 22.8 Å². The van der Waals surface area contributed by atoms with E-state index in [0.29, 0.717) is 16.4 Å². The fraction of sp³-hybridized carbons (Fsp3) is 0.0667. The van der Waals surface area contributed by atoms with Gasteiger partial charge in [-0.2, -0.15) is 0 Å². The largest absolute Gasteiger partial charge is 0.269 e. The van der Waals surface area contributed by atoms with Crippen LogP contribution in [-0.4, -0.2) is 9.38 Å². The molecule has 19 heavy (non-hydrogen) atoms. The number of halogens is 1. The van der Waals surface area contributed by atoms with Crippen LogP contribution in [0.4, 0.5) is 0 Å². The van der Waals surface area contributed by atoms with Crippen LogP contribution in [-0.2, 0) is 0 Å². The Kier molecular flexibility index (Phi) is 2.84. The molecule has 0 unspecified atom stereocenters. The zero-order valence-electron chi connectivity index (χ0n) is 10.3. The second-order valence-corrected chi connectivity index (χ2v) is 4.86. The maximum absolute atomic E-state index is 12.1. The first kappa shape index (κ1) is 11.9. The smallest absolute Gasteiger partial charge is 0.258 e. The molecule has 3 nitrogen and oxygen atoms in total. The highest BCUT2D eigenvalue weighted by Crippen LogP contribution is 2.20. The van der Waals surface area contributed by atoms with Crippen LogP contribution < -0.4 is 5.56 Å². The number of pyridine rings is 1. The molecule has 3 aromatic rings. The first-order valence-electron chi connectivity index (χ1n) is 5.89. The lowest BCUT2D eigenvalue weighted by Gasteiger charge is -2.05. The number of hydrogen-bond acceptors (Lipinski definition) is 2. The Morgan fingerprint density at radius 3 is 2.79 bits per heavy atom. The molecule has 1 aromatic carbocycles. The van der Waals surface area contributed by atoms with Crippen molar-refractivity contribution in [1.82, 2.24) is 9.38 Å². The summed E-state index contributed by atoms with van der Waals surface area (Å²) in [6, 6.07) is 12.6. The quantitative estimate of drug-likeness (QED) is 0.680. The number of hydrogen-bond donors (Lipinski definition) is 0. The Morgan fingerprint density at radius 1 is 1.16 bits per heavy atom. The van der Waals surface area contributed by atoms with E-state index in [1.54, 1.807) is 18.3 Å². The van der Waals surface area contributed by atoms with Gasteiger partial charge in [-0.25, -0.2) is 4.98 Å². The molecule has 3 rings (SSSR count). The lowest BCUT2D eigenvalue weighted by atomic mass is 10.1. The highest BCUT2D eigenvalue weighted by atomic mass is 35.5. The molecule has 0 aliphatic rings. The number of aryl methyl sites for hydroxylation is 1. The minimum atomic E-state index is -0.0972. The Balaban J connectivity index is 2.28. The summed E-state index contributed by atoms with van der Waals surface area (Å²) in [7, 11) is 0. The van der Waals surface area contributed by atoms with Crippen LogP contribution in [0.5, 0.6) is 0 Å². The van der Waals surface area contributed by atoms with E-state index >= 15 is 0 Å². The third kappa shape index (κ3) is 2.25. The number of rotatable bonds is 1. The highest BCUT2D eigenvalue weighted by Gasteiger charge is 2.05. The Morgan fingerprint density at radius 2 is 2.00 bits per heavy atom. The van der Waals surface area contributed by atoms with Gasteiger partial charge in [0.1, 0.15) is 5.65 Å². The number of benzene rings is 1. The molecular weight excluding hydrogens is 260 g/mol. The van der Waals surface area contributed by atoms with Crippen molar-refractivity contribution in [2.45, 2.75) is 6.92 Å². The molecule has 0 bridgehead atoms. The van der Waals surface area contributed by atoms with Gasteiger partial charge < -0.3 is 0 Å². The standard InChI is InChI=1S/C15H11ClN2O/c1-10-5-6-18-14(7-10)17-13(9-15(18)19)11-3-2-4-12(16)8-11/h2-9H,1H3. The maximum atomic E-state index is 12.1. The van der Waals surface area contributed by atoms with E-state index in [-0.39, 0.29) is 5.56 Å². The molecule has 0 amide bonds. The van der Waals surface area contributed by atoms with Gasteiger partial charge >= 0.3 is 0 Å². The van der Waals surface area contributed by atoms with Crippen molar-refractivity contribution in [3.05, 3.63) is 69.6 Å². The van der Waals surface area contributed by atoms with Crippen LogP contribution in [0.15, 0.2) is 53.5 Å². The number of aromatic nitrogens is 2. The molecule has 0 aliphatic carbocycles. The maximum Gasteiger partial charge on any atom is 0.258 e. The fourth-order valence-corrected chi connectivity index (χ4v) is 2.19. The highest BCUT2D eigenvalue weighted by molar-refractivity contribution is 6.30. The van der Waals surface area contributed by atoms with Gasteiger partial charge in [0.05, 0.1) is 5.69 Å². The van der Waals surface area contributed by atoms with E-state index in [2.05, 4.69) is 4.98 Å². The molecular formula is C15H11ClN2O. The van der Waals surface area contributed by atoms with Crippen molar-refractivity contribution in [3.63, 3.8) is 0 Å². The van der Waals surface area contributed by atoms with E-state index in [4.69, 9.17) is 11.6 Å². The normalized spacial score (nSPS) is 10.8. The van der Waals surface area contributed by atoms with Gasteiger partial charge in [0.15, 0.2) is 0 Å². The Labute approximate surface area is 115 Å². The van der Waals surface area contributed by atoms with Gasteiger partial charge in [-0.3, -0.25) is 9.20 Å². The third-order valence-electron chi connectivity index (χ3n) is 2.94. The molecule has 0 radical (unpaired) electrons. The molecule has 0 N–H and O–H groups in total. The van der Waals surface area contributed by atoms with Crippen LogP contribution >= 0.6 is 11.6 Å². The molecule has 0 spiro atoms. The zero-order chi connectivity index (χ0) is 13.4. The minimum Gasteiger partial charge on any atom is -0.269 e. The van der Waals surface area contributed by atoms with E-state index in [0.717, 1.165) is 11.1 Å². The molecule has 2 aromatic heterocycles. The molecule has 0 saturated carbocycles. The molecule has 94 valence electrons. The van der Waals surface area contributed by atoms with Crippen molar-refractivity contribution in [2.75, 3.05) is 0 Å². The summed E-state index contributed by atoms with van der Waals surface area (Å²) in [5.41, 5.74) is 3.09. The van der Waals surface area contributed by atoms with Crippen molar-refractivity contribution in [3.8, 4) is 11.3 Å². The van der Waals surface area contributed by atoms with Crippen molar-refractivity contribution in [2.24, 2.45) is 0 Å². The SMILES string of the molecule is Cc1ccn2c(=O)cc(-c3cccc(Cl)c3)nc2c1. The van der Waals surface area contributed by atoms with Gasteiger partial charge in [0.25, 0.3) is 5.56 Å². The summed E-state index contributed by atoms with van der Waals surface area (Å²) in [6.07, 6.45) is 1.74. The van der Waals surface area contributed by atoms with E-state index in [1.165, 1.54) is 10.5 Å². The molecule has 4 heteroatoms. The van der Waals surface area contributed by atoms with Gasteiger partial charge in [0.2, 0.25) is 0 Å². The van der Waals surface area contributed by atoms with Crippen molar-refractivity contribution < 1.29 is 0 Å². The van der Waals surface area contributed by atoms with E-state index in [9.17, 15) is 4.79 Å². The lowest BCUT2D eigenvalue weighted by Crippen LogP contribution is -2.14. The van der Waals surface area contributed by atoms with Crippen LogP contribution in [0.2, 0.25) is 5.02 Å². The zero-order valence-corrected chi connectivity index (χ0v) is 11.1. The average Bonchev–Trinajstić information content (AvgIpc) is 2.38. The van der Waals surface area contributed by atoms with Gasteiger partial charge in [-0.1, -0.05) is 23.7 Å². The van der Waals surface area contributed by atoms with Gasteiger partial charge in [-0.15, -0.1) is 0 Å². The van der Waals surface area contributed by atoms with Crippen LogP contribution in [0.25, 0.3) is 16.9 Å². The molecule has 0 aliphatic heterocycles. The molecule has 0 atom stereocenters. The van der Waals surface area contributed by atoms with Crippen molar-refractivity contribution >= 4 is 17.2 Å². The summed E-state index contributed by atoms with van der Waals surface area (Å²) in [6.45, 7) is 1.97. The third-order valence-corrected chi connectivity index (χ3v) is 3.18. The summed E-state index contributed by atoms with van der Waals surface area (Å²) >= 11 is 5.97. The average molecular weight is 271 g/mol. The van der Waals surface area contributed by atoms with Gasteiger partial charge in [-0.05, 0) is 36.8 Å². The molecule has 2 heterocycles. The summed E-state index contributed by atoms with van der Waals surface area (Å²) in [5, 5.41) is 0.628. The van der Waals surface area contributed by atoms with Crippen molar-refractivity contribution in [1.29, 1.82) is 0 Å². The first-order chi connectivity index (χ1) is 9.13. The van der Waals surface area contributed by atoms with Crippen LogP contribution in [0.1, 0.15) is 5.56 Å². The second-order valence-electron chi connectivity index (χ2n) is 4.42. The Bertz CT molecular complexity index is 824. The van der Waals surface area contributed by atoms with Crippen LogP contribution in [0, 0.1) is 6.92 Å². The molecule has 0 fully saturated rings.